The van der Waals surface area contributed by atoms with E-state index in [1.807, 2.05) is 31.2 Å². The number of benzene rings is 2. The Morgan fingerprint density at radius 1 is 1.22 bits per heavy atom. The Bertz CT molecular complexity index is 927. The fourth-order valence-electron chi connectivity index (χ4n) is 2.94. The van der Waals surface area contributed by atoms with Crippen molar-refractivity contribution in [3.63, 3.8) is 0 Å². The van der Waals surface area contributed by atoms with Gasteiger partial charge in [-0.1, -0.05) is 24.3 Å². The lowest BCUT2D eigenvalue weighted by atomic mass is 10.1. The molecule has 1 aliphatic rings. The van der Waals surface area contributed by atoms with Gasteiger partial charge in [-0.25, -0.2) is 8.42 Å². The van der Waals surface area contributed by atoms with E-state index in [0.717, 1.165) is 17.6 Å². The summed E-state index contributed by atoms with van der Waals surface area (Å²) in [6.45, 7) is 1.78. The van der Waals surface area contributed by atoms with Gasteiger partial charge in [-0.2, -0.15) is 0 Å². The lowest BCUT2D eigenvalue weighted by Gasteiger charge is -2.34. The Kier molecular flexibility index (Phi) is 5.27. The molecule has 0 spiro atoms. The molecule has 0 fully saturated rings. The van der Waals surface area contributed by atoms with Gasteiger partial charge >= 0.3 is 0 Å². The van der Waals surface area contributed by atoms with Crippen LogP contribution in [0.1, 0.15) is 18.5 Å². The molecule has 2 unspecified atom stereocenters. The van der Waals surface area contributed by atoms with Crippen LogP contribution in [0.15, 0.2) is 48.5 Å². The highest BCUT2D eigenvalue weighted by Gasteiger charge is 2.35. The summed E-state index contributed by atoms with van der Waals surface area (Å²) < 4.78 is 36.4. The third-order valence-corrected chi connectivity index (χ3v) is 5.55. The number of sulfonamides is 1. The second-order valence-electron chi connectivity index (χ2n) is 6.37. The third-order valence-electron chi connectivity index (χ3n) is 4.40. The zero-order chi connectivity index (χ0) is 19.6. The lowest BCUT2D eigenvalue weighted by Crippen LogP contribution is -2.50. The Morgan fingerprint density at radius 3 is 2.52 bits per heavy atom. The average molecular weight is 390 g/mol. The Hall–Kier alpha value is -2.74. The van der Waals surface area contributed by atoms with Crippen molar-refractivity contribution in [3.05, 3.63) is 54.1 Å². The predicted octanol–water partition coefficient (Wildman–Crippen LogP) is 2.10. The molecule has 144 valence electrons. The number of fused-ring (bicyclic) bond motifs is 1. The second kappa shape index (κ2) is 7.48. The highest BCUT2D eigenvalue weighted by Crippen LogP contribution is 2.34. The van der Waals surface area contributed by atoms with Crippen molar-refractivity contribution in [2.45, 2.75) is 19.1 Å². The number of nitrogens with one attached hydrogen (secondary N) is 1. The first-order valence-electron chi connectivity index (χ1n) is 8.47. The van der Waals surface area contributed by atoms with Crippen molar-refractivity contribution in [2.24, 2.45) is 0 Å². The largest absolute Gasteiger partial charge is 0.497 e. The molecule has 0 aromatic heterocycles. The van der Waals surface area contributed by atoms with Gasteiger partial charge in [0.15, 0.2) is 6.10 Å². The maximum Gasteiger partial charge on any atom is 0.263 e. The summed E-state index contributed by atoms with van der Waals surface area (Å²) in [4.78, 5) is 12.7. The molecule has 0 bridgehead atoms. The summed E-state index contributed by atoms with van der Waals surface area (Å²) in [5.74, 6) is 0.723. The standard InChI is InChI=1S/C19H22N2O5S/c1-13(14-8-10-15(25-2)11-9-14)20-19(22)18-12-21(27(3,23)24)16-6-4-5-7-17(16)26-18/h4-11,13,18H,12H2,1-3H3,(H,20,22). The number of nitrogens with zero attached hydrogens (tertiary/aromatic N) is 1. The van der Waals surface area contributed by atoms with Crippen molar-refractivity contribution in [3.8, 4) is 11.5 Å². The van der Waals surface area contributed by atoms with Crippen LogP contribution in [0.4, 0.5) is 5.69 Å². The van der Waals surface area contributed by atoms with E-state index in [9.17, 15) is 13.2 Å². The van der Waals surface area contributed by atoms with Gasteiger partial charge in [0.25, 0.3) is 5.91 Å². The number of carbonyl (C=O) groups is 1. The zero-order valence-electron chi connectivity index (χ0n) is 15.4. The maximum absolute atomic E-state index is 12.7. The van der Waals surface area contributed by atoms with Crippen LogP contribution < -0.4 is 19.1 Å². The maximum atomic E-state index is 12.7. The molecule has 0 saturated carbocycles. The number of rotatable bonds is 5. The predicted molar refractivity (Wildman–Crippen MR) is 103 cm³/mol. The van der Waals surface area contributed by atoms with Crippen LogP contribution >= 0.6 is 0 Å². The molecule has 0 radical (unpaired) electrons. The molecule has 0 saturated heterocycles. The smallest absolute Gasteiger partial charge is 0.263 e. The third kappa shape index (κ3) is 4.16. The molecule has 8 heteroatoms. The minimum Gasteiger partial charge on any atom is -0.497 e. The summed E-state index contributed by atoms with van der Waals surface area (Å²) in [5.41, 5.74) is 1.34. The quantitative estimate of drug-likeness (QED) is 0.845. The molecule has 27 heavy (non-hydrogen) atoms. The first kappa shape index (κ1) is 19.0. The molecular weight excluding hydrogens is 368 g/mol. The molecule has 3 rings (SSSR count). The second-order valence-corrected chi connectivity index (χ2v) is 8.28. The number of anilines is 1. The van der Waals surface area contributed by atoms with Crippen LogP contribution in [0.5, 0.6) is 11.5 Å². The van der Waals surface area contributed by atoms with E-state index in [2.05, 4.69) is 5.32 Å². The van der Waals surface area contributed by atoms with E-state index < -0.39 is 16.1 Å². The highest BCUT2D eigenvalue weighted by molar-refractivity contribution is 7.92. The number of ether oxygens (including phenoxy) is 2. The van der Waals surface area contributed by atoms with Gasteiger partial charge in [-0.15, -0.1) is 0 Å². The molecule has 1 aliphatic heterocycles. The highest BCUT2D eigenvalue weighted by atomic mass is 32.2. The van der Waals surface area contributed by atoms with Crippen molar-refractivity contribution < 1.29 is 22.7 Å². The summed E-state index contributed by atoms with van der Waals surface area (Å²) in [5, 5.41) is 2.88. The summed E-state index contributed by atoms with van der Waals surface area (Å²) >= 11 is 0. The van der Waals surface area contributed by atoms with Crippen molar-refractivity contribution in [2.75, 3.05) is 24.2 Å². The van der Waals surface area contributed by atoms with Gasteiger partial charge in [0.1, 0.15) is 11.5 Å². The number of methoxy groups -OCH3 is 1. The van der Waals surface area contributed by atoms with Gasteiger partial charge in [0.2, 0.25) is 10.0 Å². The summed E-state index contributed by atoms with van der Waals surface area (Å²) in [6.07, 6.45) is 0.180. The van der Waals surface area contributed by atoms with E-state index in [4.69, 9.17) is 9.47 Å². The SMILES string of the molecule is COc1ccc(C(C)NC(=O)C2CN(S(C)(=O)=O)c3ccccc3O2)cc1. The molecule has 7 nitrogen and oxygen atoms in total. The van der Waals surface area contributed by atoms with Gasteiger partial charge in [0.05, 0.1) is 31.6 Å². The lowest BCUT2D eigenvalue weighted by molar-refractivity contribution is -0.128. The monoisotopic (exact) mass is 390 g/mol. The average Bonchev–Trinajstić information content (AvgIpc) is 2.66. The van der Waals surface area contributed by atoms with E-state index >= 15 is 0 Å². The molecule has 1 amide bonds. The van der Waals surface area contributed by atoms with E-state index in [-0.39, 0.29) is 18.5 Å². The Morgan fingerprint density at radius 2 is 1.89 bits per heavy atom. The molecule has 1 heterocycles. The number of para-hydroxylation sites is 2. The van der Waals surface area contributed by atoms with Gasteiger partial charge in [0, 0.05) is 0 Å². The van der Waals surface area contributed by atoms with Crippen LogP contribution in [0.25, 0.3) is 0 Å². The summed E-state index contributed by atoms with van der Waals surface area (Å²) in [7, 11) is -1.95. The minimum atomic E-state index is -3.53. The zero-order valence-corrected chi connectivity index (χ0v) is 16.2. The van der Waals surface area contributed by atoms with Crippen molar-refractivity contribution in [1.29, 1.82) is 0 Å². The molecule has 1 N–H and O–H groups in total. The van der Waals surface area contributed by atoms with E-state index in [1.54, 1.807) is 31.4 Å². The van der Waals surface area contributed by atoms with Crippen LogP contribution in [-0.2, 0) is 14.8 Å². The van der Waals surface area contributed by atoms with Crippen LogP contribution in [-0.4, -0.2) is 40.3 Å². The topological polar surface area (TPSA) is 84.9 Å². The summed E-state index contributed by atoms with van der Waals surface area (Å²) in [6, 6.07) is 13.9. The van der Waals surface area contributed by atoms with Crippen LogP contribution in [0.3, 0.4) is 0 Å². The Balaban J connectivity index is 1.76. The Labute approximate surface area is 158 Å². The van der Waals surface area contributed by atoms with E-state index in [1.165, 1.54) is 4.31 Å². The van der Waals surface area contributed by atoms with Gasteiger partial charge in [-0.3, -0.25) is 9.10 Å². The minimum absolute atomic E-state index is 0.0724. The number of carbonyl (C=O) groups excluding carboxylic acids is 1. The van der Waals surface area contributed by atoms with Crippen LogP contribution in [0.2, 0.25) is 0 Å². The van der Waals surface area contributed by atoms with Gasteiger partial charge < -0.3 is 14.8 Å². The number of amides is 1. The normalized spacial score (nSPS) is 17.4. The first-order valence-corrected chi connectivity index (χ1v) is 10.3. The van der Waals surface area contributed by atoms with Crippen LogP contribution in [0, 0.1) is 0 Å². The van der Waals surface area contributed by atoms with Gasteiger partial charge in [-0.05, 0) is 36.8 Å². The van der Waals surface area contributed by atoms with Crippen molar-refractivity contribution in [1.82, 2.24) is 5.32 Å². The van der Waals surface area contributed by atoms with E-state index in [0.29, 0.717) is 11.4 Å². The molecular formula is C19H22N2O5S. The number of hydrogen-bond donors (Lipinski definition) is 1. The van der Waals surface area contributed by atoms with Crippen molar-refractivity contribution >= 4 is 21.6 Å². The molecule has 2 aromatic carbocycles. The fourth-order valence-corrected chi connectivity index (χ4v) is 3.85. The molecule has 2 aromatic rings. The fraction of sp³-hybridized carbons (Fsp3) is 0.316. The first-order chi connectivity index (χ1) is 12.8. The molecule has 2 atom stereocenters. The molecule has 0 aliphatic carbocycles. The number of hydrogen-bond acceptors (Lipinski definition) is 5.